The van der Waals surface area contributed by atoms with Gasteiger partial charge in [-0.3, -0.25) is 0 Å². The topological polar surface area (TPSA) is 44.0 Å². The summed E-state index contributed by atoms with van der Waals surface area (Å²) in [7, 11) is 3.35. The summed E-state index contributed by atoms with van der Waals surface area (Å²) in [6.45, 7) is 6.00. The highest BCUT2D eigenvalue weighted by Crippen LogP contribution is 2.34. The van der Waals surface area contributed by atoms with Crippen LogP contribution in [0, 0.1) is 20.8 Å². The fourth-order valence-corrected chi connectivity index (χ4v) is 3.72. The minimum absolute atomic E-state index is 0.760. The summed E-state index contributed by atoms with van der Waals surface area (Å²) in [6.07, 6.45) is 0. The van der Waals surface area contributed by atoms with Gasteiger partial charge in [-0.05, 0) is 68.3 Å². The van der Waals surface area contributed by atoms with Crippen molar-refractivity contribution in [2.45, 2.75) is 20.8 Å². The largest absolute Gasteiger partial charge is 0.497 e. The first kappa shape index (κ1) is 19.8. The second-order valence-corrected chi connectivity index (χ2v) is 7.34. The number of rotatable bonds is 4. The summed E-state index contributed by atoms with van der Waals surface area (Å²) in [5.74, 6) is 3.22. The SMILES string of the molecule is COc1ccc(-c2cc(OC)c3c(C)oc(C)c3c(=Nc3ccc(C)cc3)c2)cc1. The van der Waals surface area contributed by atoms with E-state index in [-0.39, 0.29) is 0 Å². The van der Waals surface area contributed by atoms with Crippen molar-refractivity contribution in [1.29, 1.82) is 0 Å². The van der Waals surface area contributed by atoms with Gasteiger partial charge in [-0.2, -0.15) is 0 Å². The second kappa shape index (κ2) is 8.07. The molecule has 0 fully saturated rings. The number of hydrogen-bond acceptors (Lipinski definition) is 4. The summed E-state index contributed by atoms with van der Waals surface area (Å²) in [6, 6.07) is 20.3. The van der Waals surface area contributed by atoms with E-state index in [1.165, 1.54) is 5.56 Å². The van der Waals surface area contributed by atoms with Crippen molar-refractivity contribution in [3.63, 3.8) is 0 Å². The predicted octanol–water partition coefficient (Wildman–Crippen LogP) is 6.27. The van der Waals surface area contributed by atoms with Crippen LogP contribution in [0.25, 0.3) is 21.9 Å². The van der Waals surface area contributed by atoms with Gasteiger partial charge in [-0.25, -0.2) is 4.99 Å². The van der Waals surface area contributed by atoms with Gasteiger partial charge in [0.25, 0.3) is 0 Å². The van der Waals surface area contributed by atoms with Crippen molar-refractivity contribution >= 4 is 16.5 Å². The molecule has 4 heteroatoms. The molecule has 0 N–H and O–H groups in total. The Morgan fingerprint density at radius 1 is 0.700 bits per heavy atom. The maximum Gasteiger partial charge on any atom is 0.130 e. The van der Waals surface area contributed by atoms with Gasteiger partial charge in [0.15, 0.2) is 0 Å². The van der Waals surface area contributed by atoms with Crippen LogP contribution in [-0.4, -0.2) is 14.2 Å². The number of nitrogens with zero attached hydrogens (tertiary/aromatic N) is 1. The fraction of sp³-hybridized carbons (Fsp3) is 0.192. The molecule has 0 radical (unpaired) electrons. The molecular formula is C26H25NO3. The molecule has 3 aromatic carbocycles. The van der Waals surface area contributed by atoms with Crippen LogP contribution >= 0.6 is 0 Å². The number of aryl methyl sites for hydroxylation is 3. The Morgan fingerprint density at radius 3 is 2.00 bits per heavy atom. The van der Waals surface area contributed by atoms with Crippen LogP contribution < -0.4 is 14.8 Å². The lowest BCUT2D eigenvalue weighted by Gasteiger charge is -2.04. The van der Waals surface area contributed by atoms with Crippen molar-refractivity contribution in [2.75, 3.05) is 14.2 Å². The molecule has 1 aromatic heterocycles. The van der Waals surface area contributed by atoms with Crippen LogP contribution in [0.3, 0.4) is 0 Å². The quantitative estimate of drug-likeness (QED) is 0.406. The van der Waals surface area contributed by atoms with E-state index in [0.29, 0.717) is 0 Å². The first-order chi connectivity index (χ1) is 14.5. The maximum atomic E-state index is 5.97. The lowest BCUT2D eigenvalue weighted by Crippen LogP contribution is -2.00. The molecule has 4 rings (SSSR count). The van der Waals surface area contributed by atoms with E-state index in [2.05, 4.69) is 25.1 Å². The molecular weight excluding hydrogens is 374 g/mol. The molecule has 0 spiro atoms. The molecule has 0 saturated heterocycles. The molecule has 0 unspecified atom stereocenters. The molecule has 1 heterocycles. The summed E-state index contributed by atoms with van der Waals surface area (Å²) < 4.78 is 17.1. The smallest absolute Gasteiger partial charge is 0.130 e. The van der Waals surface area contributed by atoms with Crippen LogP contribution in [0.1, 0.15) is 17.1 Å². The molecule has 4 nitrogen and oxygen atoms in total. The van der Waals surface area contributed by atoms with E-state index in [1.54, 1.807) is 14.2 Å². The first-order valence-electron chi connectivity index (χ1n) is 9.88. The molecule has 0 aliphatic rings. The van der Waals surface area contributed by atoms with Gasteiger partial charge >= 0.3 is 0 Å². The Labute approximate surface area is 176 Å². The van der Waals surface area contributed by atoms with E-state index < -0.39 is 0 Å². The Morgan fingerprint density at radius 2 is 1.37 bits per heavy atom. The summed E-state index contributed by atoms with van der Waals surface area (Å²) in [5, 5.41) is 2.75. The van der Waals surface area contributed by atoms with Crippen LogP contribution in [0.5, 0.6) is 11.5 Å². The molecule has 0 aliphatic carbocycles. The Balaban J connectivity index is 2.08. The molecule has 152 valence electrons. The molecule has 30 heavy (non-hydrogen) atoms. The maximum absolute atomic E-state index is 5.97. The summed E-state index contributed by atoms with van der Waals surface area (Å²) >= 11 is 0. The molecule has 0 amide bonds. The molecule has 0 aliphatic heterocycles. The Bertz CT molecular complexity index is 1270. The zero-order valence-corrected chi connectivity index (χ0v) is 17.9. The van der Waals surface area contributed by atoms with Crippen LogP contribution in [0.4, 0.5) is 5.69 Å². The lowest BCUT2D eigenvalue weighted by atomic mass is 10.1. The predicted molar refractivity (Wildman–Crippen MR) is 121 cm³/mol. The number of benzene rings is 2. The van der Waals surface area contributed by atoms with E-state index in [0.717, 1.165) is 56.0 Å². The molecule has 0 bridgehead atoms. The van der Waals surface area contributed by atoms with Gasteiger partial charge in [0.1, 0.15) is 23.0 Å². The van der Waals surface area contributed by atoms with Crippen molar-refractivity contribution < 1.29 is 13.9 Å². The average Bonchev–Trinajstić information content (AvgIpc) is 2.95. The lowest BCUT2D eigenvalue weighted by molar-refractivity contribution is 0.415. The number of furan rings is 1. The van der Waals surface area contributed by atoms with E-state index in [9.17, 15) is 0 Å². The normalized spacial score (nSPS) is 11.7. The minimum atomic E-state index is 0.760. The van der Waals surface area contributed by atoms with Gasteiger partial charge in [-0.15, -0.1) is 0 Å². The highest BCUT2D eigenvalue weighted by atomic mass is 16.5. The Hall–Kier alpha value is -3.53. The average molecular weight is 399 g/mol. The summed E-state index contributed by atoms with van der Waals surface area (Å²) in [4.78, 5) is 4.98. The van der Waals surface area contributed by atoms with Crippen molar-refractivity contribution in [3.8, 4) is 22.6 Å². The standard InChI is InChI=1S/C26H25NO3/c1-16-6-10-21(11-7-16)27-23-14-20(19-8-12-22(28-4)13-9-19)15-24(29-5)26-18(3)30-17(2)25(23)26/h6-15H,1-5H3. The van der Waals surface area contributed by atoms with Gasteiger partial charge in [0, 0.05) is 0 Å². The van der Waals surface area contributed by atoms with Crippen LogP contribution in [0.2, 0.25) is 0 Å². The molecule has 4 aromatic rings. The number of fused-ring (bicyclic) bond motifs is 1. The second-order valence-electron chi connectivity index (χ2n) is 7.34. The highest BCUT2D eigenvalue weighted by Gasteiger charge is 2.15. The summed E-state index contributed by atoms with van der Waals surface area (Å²) in [5.41, 5.74) is 4.16. The minimum Gasteiger partial charge on any atom is -0.497 e. The van der Waals surface area contributed by atoms with Crippen molar-refractivity contribution in [2.24, 2.45) is 4.99 Å². The third-order valence-corrected chi connectivity index (χ3v) is 5.27. The monoisotopic (exact) mass is 399 g/mol. The van der Waals surface area contributed by atoms with E-state index in [4.69, 9.17) is 18.9 Å². The van der Waals surface area contributed by atoms with Crippen LogP contribution in [-0.2, 0) is 0 Å². The fourth-order valence-electron chi connectivity index (χ4n) is 3.72. The van der Waals surface area contributed by atoms with Gasteiger partial charge in [-0.1, -0.05) is 29.8 Å². The highest BCUT2D eigenvalue weighted by molar-refractivity contribution is 5.93. The zero-order chi connectivity index (χ0) is 21.3. The third kappa shape index (κ3) is 3.69. The van der Waals surface area contributed by atoms with E-state index in [1.807, 2.05) is 56.3 Å². The first-order valence-corrected chi connectivity index (χ1v) is 9.88. The van der Waals surface area contributed by atoms with Gasteiger partial charge in [0.05, 0.1) is 36.0 Å². The van der Waals surface area contributed by atoms with Gasteiger partial charge in [0.2, 0.25) is 0 Å². The van der Waals surface area contributed by atoms with Crippen molar-refractivity contribution in [3.05, 3.63) is 83.1 Å². The molecule has 0 saturated carbocycles. The third-order valence-electron chi connectivity index (χ3n) is 5.27. The Kier molecular flexibility index (Phi) is 5.32. The zero-order valence-electron chi connectivity index (χ0n) is 17.9. The molecule has 0 atom stereocenters. The number of methoxy groups -OCH3 is 2. The van der Waals surface area contributed by atoms with Crippen LogP contribution in [0.15, 0.2) is 70.1 Å². The van der Waals surface area contributed by atoms with Gasteiger partial charge < -0.3 is 13.9 Å². The number of hydrogen-bond donors (Lipinski definition) is 0. The van der Waals surface area contributed by atoms with Crippen molar-refractivity contribution in [1.82, 2.24) is 0 Å². The van der Waals surface area contributed by atoms with E-state index >= 15 is 0 Å². The number of ether oxygens (including phenoxy) is 2.